The van der Waals surface area contributed by atoms with E-state index in [4.69, 9.17) is 0 Å². The minimum atomic E-state index is -0.237. The summed E-state index contributed by atoms with van der Waals surface area (Å²) in [5.74, 6) is 2.26. The van der Waals surface area contributed by atoms with Crippen molar-refractivity contribution in [2.24, 2.45) is 0 Å². The lowest BCUT2D eigenvalue weighted by Gasteiger charge is -2.32. The maximum atomic E-state index is 12.7. The molecule has 2 fully saturated rings. The van der Waals surface area contributed by atoms with E-state index >= 15 is 0 Å². The molecule has 1 atom stereocenters. The topological polar surface area (TPSA) is 53.5 Å². The molecule has 3 heterocycles. The van der Waals surface area contributed by atoms with Gasteiger partial charge in [0.05, 0.1) is 0 Å². The summed E-state index contributed by atoms with van der Waals surface area (Å²) in [7, 11) is 0. The fraction of sp³-hybridized carbons (Fsp3) is 0.588. The molecule has 5 nitrogen and oxygen atoms in total. The number of hydrogen-bond donors (Lipinski definition) is 0. The predicted molar refractivity (Wildman–Crippen MR) is 91.2 cm³/mol. The molecule has 3 rings (SSSR count). The molecule has 0 spiro atoms. The summed E-state index contributed by atoms with van der Waals surface area (Å²) in [6, 6.07) is 3.63. The lowest BCUT2D eigenvalue weighted by Crippen LogP contribution is -2.50. The van der Waals surface area contributed by atoms with E-state index in [1.807, 2.05) is 28.8 Å². The number of pyridine rings is 1. The van der Waals surface area contributed by atoms with Gasteiger partial charge in [0.15, 0.2) is 0 Å². The number of nitrogens with zero attached hydrogens (tertiary/aromatic N) is 3. The highest BCUT2D eigenvalue weighted by Gasteiger charge is 2.36. The van der Waals surface area contributed by atoms with Crippen molar-refractivity contribution in [3.63, 3.8) is 0 Å². The standard InChI is InChI=1S/C17H23N3O2S/c21-16(6-5-14-3-1-7-18-13-14)20-8-2-4-15(20)17(22)19-9-11-23-12-10-19/h1,3,7,13,15H,2,4-6,8-12H2. The van der Waals surface area contributed by atoms with Crippen molar-refractivity contribution in [3.8, 4) is 0 Å². The third-order valence-electron chi connectivity index (χ3n) is 4.53. The molecule has 0 N–H and O–H groups in total. The zero-order chi connectivity index (χ0) is 16.1. The zero-order valence-corrected chi connectivity index (χ0v) is 14.1. The van der Waals surface area contributed by atoms with Gasteiger partial charge in [0.25, 0.3) is 0 Å². The van der Waals surface area contributed by atoms with Crippen LogP contribution in [0.15, 0.2) is 24.5 Å². The summed E-state index contributed by atoms with van der Waals surface area (Å²) in [4.78, 5) is 33.1. The van der Waals surface area contributed by atoms with Gasteiger partial charge in [-0.3, -0.25) is 14.6 Å². The van der Waals surface area contributed by atoms with E-state index < -0.39 is 0 Å². The molecule has 23 heavy (non-hydrogen) atoms. The van der Waals surface area contributed by atoms with Crippen molar-refractivity contribution in [3.05, 3.63) is 30.1 Å². The van der Waals surface area contributed by atoms with E-state index in [-0.39, 0.29) is 17.9 Å². The van der Waals surface area contributed by atoms with Crippen molar-refractivity contribution in [1.82, 2.24) is 14.8 Å². The highest BCUT2D eigenvalue weighted by Crippen LogP contribution is 2.22. The third-order valence-corrected chi connectivity index (χ3v) is 5.47. The van der Waals surface area contributed by atoms with Gasteiger partial charge in [0, 0.05) is 50.0 Å². The van der Waals surface area contributed by atoms with Gasteiger partial charge in [-0.05, 0) is 30.9 Å². The quantitative estimate of drug-likeness (QED) is 0.839. The Balaban J connectivity index is 1.57. The molecule has 0 aromatic carbocycles. The molecule has 124 valence electrons. The van der Waals surface area contributed by atoms with E-state index in [0.717, 1.165) is 43.0 Å². The SMILES string of the molecule is O=C(C1CCCN1C(=O)CCc1cccnc1)N1CCSCC1. The molecule has 1 aromatic heterocycles. The Morgan fingerprint density at radius 1 is 1.26 bits per heavy atom. The molecule has 2 saturated heterocycles. The van der Waals surface area contributed by atoms with Crippen LogP contribution in [0, 0.1) is 0 Å². The molecule has 2 aliphatic rings. The van der Waals surface area contributed by atoms with Crippen LogP contribution in [0.25, 0.3) is 0 Å². The fourth-order valence-corrected chi connectivity index (χ4v) is 4.16. The van der Waals surface area contributed by atoms with Crippen LogP contribution >= 0.6 is 11.8 Å². The van der Waals surface area contributed by atoms with Gasteiger partial charge in [-0.1, -0.05) is 6.07 Å². The third kappa shape index (κ3) is 4.05. The molecule has 2 aliphatic heterocycles. The molecule has 0 radical (unpaired) electrons. The number of likely N-dealkylation sites (tertiary alicyclic amines) is 1. The molecule has 6 heteroatoms. The number of aromatic nitrogens is 1. The smallest absolute Gasteiger partial charge is 0.245 e. The summed E-state index contributed by atoms with van der Waals surface area (Å²) < 4.78 is 0. The van der Waals surface area contributed by atoms with E-state index in [0.29, 0.717) is 19.4 Å². The van der Waals surface area contributed by atoms with Crippen molar-refractivity contribution in [2.45, 2.75) is 31.7 Å². The molecule has 1 unspecified atom stereocenters. The van der Waals surface area contributed by atoms with Gasteiger partial charge in [-0.15, -0.1) is 0 Å². The molecule has 2 amide bonds. The molecular weight excluding hydrogens is 310 g/mol. The second-order valence-corrected chi connectivity index (χ2v) is 7.27. The first-order valence-electron chi connectivity index (χ1n) is 8.30. The first kappa shape index (κ1) is 16.3. The van der Waals surface area contributed by atoms with Crippen LogP contribution in [0.1, 0.15) is 24.8 Å². The minimum Gasteiger partial charge on any atom is -0.339 e. The van der Waals surface area contributed by atoms with E-state index in [9.17, 15) is 9.59 Å². The zero-order valence-electron chi connectivity index (χ0n) is 13.3. The van der Waals surface area contributed by atoms with Crippen LogP contribution in [0.4, 0.5) is 0 Å². The first-order valence-corrected chi connectivity index (χ1v) is 9.46. The Kier molecular flexibility index (Phi) is 5.54. The average molecular weight is 333 g/mol. The van der Waals surface area contributed by atoms with E-state index in [1.54, 1.807) is 17.3 Å². The maximum Gasteiger partial charge on any atom is 0.245 e. The number of carbonyl (C=O) groups excluding carboxylic acids is 2. The van der Waals surface area contributed by atoms with Crippen molar-refractivity contribution >= 4 is 23.6 Å². The summed E-state index contributed by atoms with van der Waals surface area (Å²) >= 11 is 1.89. The molecule has 0 aliphatic carbocycles. The Hall–Kier alpha value is -1.56. The van der Waals surface area contributed by atoms with Gasteiger partial charge in [0.2, 0.25) is 11.8 Å². The number of thioether (sulfide) groups is 1. The molecule has 1 aromatic rings. The van der Waals surface area contributed by atoms with Crippen LogP contribution in [-0.4, -0.2) is 63.8 Å². The predicted octanol–water partition coefficient (Wildman–Crippen LogP) is 1.58. The van der Waals surface area contributed by atoms with Crippen LogP contribution < -0.4 is 0 Å². The highest BCUT2D eigenvalue weighted by atomic mass is 32.2. The van der Waals surface area contributed by atoms with E-state index in [1.165, 1.54) is 0 Å². The van der Waals surface area contributed by atoms with Gasteiger partial charge in [0.1, 0.15) is 6.04 Å². The van der Waals surface area contributed by atoms with Gasteiger partial charge < -0.3 is 9.80 Å². The van der Waals surface area contributed by atoms with Crippen LogP contribution in [0.3, 0.4) is 0 Å². The minimum absolute atomic E-state index is 0.0936. The van der Waals surface area contributed by atoms with Crippen molar-refractivity contribution in [1.29, 1.82) is 0 Å². The maximum absolute atomic E-state index is 12.7. The summed E-state index contributed by atoms with van der Waals surface area (Å²) in [6.07, 6.45) is 6.40. The number of rotatable bonds is 4. The number of aryl methyl sites for hydroxylation is 1. The van der Waals surface area contributed by atoms with Crippen molar-refractivity contribution in [2.75, 3.05) is 31.1 Å². The number of amides is 2. The van der Waals surface area contributed by atoms with Gasteiger partial charge >= 0.3 is 0 Å². The largest absolute Gasteiger partial charge is 0.339 e. The number of carbonyl (C=O) groups is 2. The Bertz CT molecular complexity index is 546. The average Bonchev–Trinajstić information content (AvgIpc) is 3.10. The molecular formula is C17H23N3O2S. The normalized spacial score (nSPS) is 21.5. The van der Waals surface area contributed by atoms with Crippen LogP contribution in [-0.2, 0) is 16.0 Å². The van der Waals surface area contributed by atoms with Crippen LogP contribution in [0.2, 0.25) is 0 Å². The molecule has 0 saturated carbocycles. The summed E-state index contributed by atoms with van der Waals surface area (Å²) in [6.45, 7) is 2.35. The first-order chi connectivity index (χ1) is 11.3. The van der Waals surface area contributed by atoms with E-state index in [2.05, 4.69) is 4.98 Å². The Morgan fingerprint density at radius 3 is 2.83 bits per heavy atom. The lowest BCUT2D eigenvalue weighted by molar-refractivity contribution is -0.143. The van der Waals surface area contributed by atoms with Crippen LogP contribution in [0.5, 0.6) is 0 Å². The monoisotopic (exact) mass is 333 g/mol. The Labute approximate surface area is 141 Å². The van der Waals surface area contributed by atoms with Crippen molar-refractivity contribution < 1.29 is 9.59 Å². The second kappa shape index (κ2) is 7.81. The van der Waals surface area contributed by atoms with Gasteiger partial charge in [-0.2, -0.15) is 11.8 Å². The highest BCUT2D eigenvalue weighted by molar-refractivity contribution is 7.99. The summed E-state index contributed by atoms with van der Waals surface area (Å²) in [5.41, 5.74) is 1.07. The second-order valence-electron chi connectivity index (χ2n) is 6.04. The lowest BCUT2D eigenvalue weighted by atomic mass is 10.1. The van der Waals surface area contributed by atoms with Gasteiger partial charge in [-0.25, -0.2) is 0 Å². The summed E-state index contributed by atoms with van der Waals surface area (Å²) in [5, 5.41) is 0. The molecule has 0 bridgehead atoms. The fourth-order valence-electron chi connectivity index (χ4n) is 3.26. The Morgan fingerprint density at radius 2 is 2.09 bits per heavy atom. The number of hydrogen-bond acceptors (Lipinski definition) is 4.